The minimum absolute atomic E-state index is 0.0466. The van der Waals surface area contributed by atoms with Crippen molar-refractivity contribution in [3.63, 3.8) is 0 Å². The van der Waals surface area contributed by atoms with Gasteiger partial charge in [0.2, 0.25) is 0 Å². The van der Waals surface area contributed by atoms with Gasteiger partial charge in [-0.3, -0.25) is 0 Å². The van der Waals surface area contributed by atoms with E-state index in [1.807, 2.05) is 0 Å². The zero-order valence-electron chi connectivity index (χ0n) is 23.1. The van der Waals surface area contributed by atoms with Crippen LogP contribution in [0.25, 0.3) is 0 Å². The average molecular weight is 477 g/mol. The van der Waals surface area contributed by atoms with Crippen LogP contribution in [0.1, 0.15) is 107 Å². The molecule has 0 radical (unpaired) electrons. The van der Waals surface area contributed by atoms with E-state index in [-0.39, 0.29) is 16.7 Å². The average Bonchev–Trinajstić information content (AvgIpc) is 3.10. The molecule has 4 aliphatic carbocycles. The van der Waals surface area contributed by atoms with Crippen LogP contribution in [0.15, 0.2) is 11.6 Å². The highest BCUT2D eigenvalue weighted by molar-refractivity contribution is 5.21. The van der Waals surface area contributed by atoms with Crippen LogP contribution in [-0.4, -0.2) is 44.3 Å². The molecule has 0 bridgehead atoms. The summed E-state index contributed by atoms with van der Waals surface area (Å²) >= 11 is 0. The SMILES string of the molecule is CC(C)=CCC[C@@](C)(O)[C@H]1CC[C@@]2(C)[C@H]1CC[C@@H]1[C@]3(C)C(CC[C@]12C)C(C)(C)[C@@H](O)[C@H](O)[C@H]3O. The summed E-state index contributed by atoms with van der Waals surface area (Å²) in [5.74, 6) is 1.27. The summed E-state index contributed by atoms with van der Waals surface area (Å²) in [6, 6.07) is 0. The van der Waals surface area contributed by atoms with Crippen molar-refractivity contribution in [1.82, 2.24) is 0 Å². The third-order valence-corrected chi connectivity index (χ3v) is 12.5. The van der Waals surface area contributed by atoms with Crippen LogP contribution >= 0.6 is 0 Å². The number of rotatable bonds is 4. The van der Waals surface area contributed by atoms with Gasteiger partial charge in [-0.05, 0) is 112 Å². The molecule has 4 fully saturated rings. The van der Waals surface area contributed by atoms with E-state index in [1.165, 1.54) is 5.57 Å². The Morgan fingerprint density at radius 2 is 1.47 bits per heavy atom. The van der Waals surface area contributed by atoms with Gasteiger partial charge in [0, 0.05) is 5.41 Å². The molecule has 4 saturated carbocycles. The van der Waals surface area contributed by atoms with E-state index in [2.05, 4.69) is 61.5 Å². The molecule has 0 amide bonds. The molecule has 0 saturated heterocycles. The zero-order chi connectivity index (χ0) is 25.5. The maximum atomic E-state index is 11.6. The van der Waals surface area contributed by atoms with Crippen LogP contribution in [0.5, 0.6) is 0 Å². The van der Waals surface area contributed by atoms with Gasteiger partial charge in [0.1, 0.15) is 6.10 Å². The van der Waals surface area contributed by atoms with Crippen molar-refractivity contribution in [2.75, 3.05) is 0 Å². The molecule has 4 heteroatoms. The van der Waals surface area contributed by atoms with Crippen molar-refractivity contribution >= 4 is 0 Å². The molecule has 0 aromatic heterocycles. The molecule has 196 valence electrons. The lowest BCUT2D eigenvalue weighted by Gasteiger charge is -2.71. The summed E-state index contributed by atoms with van der Waals surface area (Å²) < 4.78 is 0. The second-order valence-electron chi connectivity index (χ2n) is 14.6. The topological polar surface area (TPSA) is 80.9 Å². The van der Waals surface area contributed by atoms with Crippen LogP contribution in [0.3, 0.4) is 0 Å². The Bertz CT molecular complexity index is 813. The minimum Gasteiger partial charge on any atom is -0.390 e. The number of aliphatic hydroxyl groups excluding tert-OH is 3. The van der Waals surface area contributed by atoms with Crippen LogP contribution in [0.2, 0.25) is 0 Å². The lowest BCUT2D eigenvalue weighted by molar-refractivity contribution is -0.289. The standard InChI is InChI=1S/C30H52O4/c1-18(2)10-9-15-29(7,34)20-13-16-27(5)19(20)11-12-22-28(27,6)17-14-21-26(3,4)24(32)23(31)25(33)30(21,22)8/h10,19-25,31-34H,9,11-17H2,1-8H3/t19-,20-,21?,22-,23-,24-,25+,27-,28+,29+,30-/m0/s1. The van der Waals surface area contributed by atoms with E-state index < -0.39 is 34.7 Å². The highest BCUT2D eigenvalue weighted by Crippen LogP contribution is 2.75. The molecule has 0 spiro atoms. The summed E-state index contributed by atoms with van der Waals surface area (Å²) in [5.41, 5.74) is -0.0470. The first-order chi connectivity index (χ1) is 15.5. The van der Waals surface area contributed by atoms with Gasteiger partial charge in [-0.15, -0.1) is 0 Å². The van der Waals surface area contributed by atoms with Gasteiger partial charge in [0.15, 0.2) is 0 Å². The van der Waals surface area contributed by atoms with E-state index in [0.29, 0.717) is 17.8 Å². The zero-order valence-corrected chi connectivity index (χ0v) is 23.1. The molecule has 0 aromatic carbocycles. The van der Waals surface area contributed by atoms with Gasteiger partial charge in [0.05, 0.1) is 17.8 Å². The molecule has 0 aromatic rings. The van der Waals surface area contributed by atoms with Gasteiger partial charge in [0.25, 0.3) is 0 Å². The Morgan fingerprint density at radius 3 is 2.09 bits per heavy atom. The minimum atomic E-state index is -1.10. The van der Waals surface area contributed by atoms with Gasteiger partial charge in [-0.2, -0.15) is 0 Å². The Hall–Kier alpha value is -0.420. The smallest absolute Gasteiger partial charge is 0.107 e. The van der Waals surface area contributed by atoms with Gasteiger partial charge in [-0.1, -0.05) is 46.3 Å². The van der Waals surface area contributed by atoms with E-state index in [9.17, 15) is 20.4 Å². The molecule has 4 N–H and O–H groups in total. The third kappa shape index (κ3) is 3.45. The Labute approximate surface area is 208 Å². The van der Waals surface area contributed by atoms with Crippen molar-refractivity contribution in [2.24, 2.45) is 45.3 Å². The maximum absolute atomic E-state index is 11.6. The normalized spacial score (nSPS) is 51.6. The summed E-state index contributed by atoms with van der Waals surface area (Å²) in [5, 5.41) is 44.9. The lowest BCUT2D eigenvalue weighted by atomic mass is 9.34. The first kappa shape index (κ1) is 26.6. The molecule has 11 atom stereocenters. The summed E-state index contributed by atoms with van der Waals surface area (Å²) in [6.45, 7) is 17.6. The van der Waals surface area contributed by atoms with E-state index >= 15 is 0 Å². The van der Waals surface area contributed by atoms with Crippen molar-refractivity contribution in [2.45, 2.75) is 131 Å². The first-order valence-corrected chi connectivity index (χ1v) is 13.9. The maximum Gasteiger partial charge on any atom is 0.107 e. The van der Waals surface area contributed by atoms with Gasteiger partial charge < -0.3 is 20.4 Å². The van der Waals surface area contributed by atoms with Crippen LogP contribution in [0.4, 0.5) is 0 Å². The van der Waals surface area contributed by atoms with Gasteiger partial charge in [-0.25, -0.2) is 0 Å². The molecule has 4 nitrogen and oxygen atoms in total. The lowest BCUT2D eigenvalue weighted by Crippen LogP contribution is -2.71. The largest absolute Gasteiger partial charge is 0.390 e. The summed E-state index contributed by atoms with van der Waals surface area (Å²) in [4.78, 5) is 0. The number of hydrogen-bond acceptors (Lipinski definition) is 4. The van der Waals surface area contributed by atoms with Crippen molar-refractivity contribution in [3.8, 4) is 0 Å². The van der Waals surface area contributed by atoms with E-state index in [1.54, 1.807) is 0 Å². The molecular weight excluding hydrogens is 424 g/mol. The van der Waals surface area contributed by atoms with E-state index in [0.717, 1.165) is 51.4 Å². The fourth-order valence-electron chi connectivity index (χ4n) is 10.4. The molecule has 1 unspecified atom stereocenters. The quantitative estimate of drug-likeness (QED) is 0.406. The number of aliphatic hydroxyl groups is 4. The molecule has 0 heterocycles. The molecule has 34 heavy (non-hydrogen) atoms. The Balaban J connectivity index is 1.67. The predicted octanol–water partition coefficient (Wildman–Crippen LogP) is 5.47. The van der Waals surface area contributed by atoms with Crippen molar-refractivity contribution < 1.29 is 20.4 Å². The van der Waals surface area contributed by atoms with Crippen molar-refractivity contribution in [1.29, 1.82) is 0 Å². The Kier molecular flexibility index (Phi) is 6.50. The number of fused-ring (bicyclic) bond motifs is 5. The fourth-order valence-corrected chi connectivity index (χ4v) is 10.4. The molecular formula is C30H52O4. The highest BCUT2D eigenvalue weighted by atomic mass is 16.4. The van der Waals surface area contributed by atoms with E-state index in [4.69, 9.17) is 0 Å². The second-order valence-corrected chi connectivity index (χ2v) is 14.6. The van der Waals surface area contributed by atoms with Gasteiger partial charge >= 0.3 is 0 Å². The summed E-state index contributed by atoms with van der Waals surface area (Å²) in [6.07, 6.45) is 7.44. The third-order valence-electron chi connectivity index (χ3n) is 12.5. The van der Waals surface area contributed by atoms with Crippen LogP contribution in [0, 0.1) is 45.3 Å². The molecule has 4 rings (SSSR count). The van der Waals surface area contributed by atoms with Crippen LogP contribution < -0.4 is 0 Å². The molecule has 0 aliphatic heterocycles. The molecule has 4 aliphatic rings. The Morgan fingerprint density at radius 1 is 0.853 bits per heavy atom. The summed E-state index contributed by atoms with van der Waals surface area (Å²) in [7, 11) is 0. The van der Waals surface area contributed by atoms with Crippen LogP contribution in [-0.2, 0) is 0 Å². The predicted molar refractivity (Wildman–Crippen MR) is 137 cm³/mol. The number of allylic oxidation sites excluding steroid dienone is 2. The first-order valence-electron chi connectivity index (χ1n) is 13.9. The van der Waals surface area contributed by atoms with Crippen molar-refractivity contribution in [3.05, 3.63) is 11.6 Å². The number of hydrogen-bond donors (Lipinski definition) is 4. The monoisotopic (exact) mass is 476 g/mol. The highest BCUT2D eigenvalue weighted by Gasteiger charge is 2.72. The fraction of sp³-hybridized carbons (Fsp3) is 0.933. The second kappa shape index (κ2) is 8.30.